The summed E-state index contributed by atoms with van der Waals surface area (Å²) in [6, 6.07) is 5.25. The van der Waals surface area contributed by atoms with E-state index in [1.165, 1.54) is 22.9 Å². The zero-order chi connectivity index (χ0) is 14.9. The van der Waals surface area contributed by atoms with Gasteiger partial charge in [-0.1, -0.05) is 0 Å². The van der Waals surface area contributed by atoms with Gasteiger partial charge < -0.3 is 5.11 Å². The molecule has 0 amide bonds. The number of anilines is 1. The molecule has 0 spiro atoms. The Hall–Kier alpha value is -1.87. The van der Waals surface area contributed by atoms with Crippen molar-refractivity contribution in [3.05, 3.63) is 40.5 Å². The zero-order valence-corrected chi connectivity index (χ0v) is 12.6. The third-order valence-electron chi connectivity index (χ3n) is 2.43. The number of carbonyl (C=O) groups is 1. The van der Waals surface area contributed by atoms with Gasteiger partial charge in [-0.25, -0.2) is 13.2 Å². The first-order chi connectivity index (χ1) is 9.29. The second-order valence-corrected chi connectivity index (χ2v) is 6.46. The Morgan fingerprint density at radius 3 is 2.65 bits per heavy atom. The van der Waals surface area contributed by atoms with Crippen LogP contribution in [-0.2, 0) is 17.1 Å². The SMILES string of the molecule is Cn1ccc(NS(=O)(=O)c2ccc(Br)c(C(=O)O)c2)n1. The summed E-state index contributed by atoms with van der Waals surface area (Å²) in [6.45, 7) is 0. The molecule has 1 aromatic heterocycles. The second kappa shape index (κ2) is 5.25. The molecule has 2 aromatic rings. The van der Waals surface area contributed by atoms with Gasteiger partial charge in [0.1, 0.15) is 0 Å². The second-order valence-electron chi connectivity index (χ2n) is 3.93. The van der Waals surface area contributed by atoms with Gasteiger partial charge in [-0.2, -0.15) is 5.10 Å². The lowest BCUT2D eigenvalue weighted by Gasteiger charge is -2.07. The molecule has 0 aliphatic rings. The average molecular weight is 360 g/mol. The van der Waals surface area contributed by atoms with Gasteiger partial charge in [-0.05, 0) is 34.1 Å². The van der Waals surface area contributed by atoms with E-state index in [-0.39, 0.29) is 16.3 Å². The van der Waals surface area contributed by atoms with Crippen LogP contribution in [0.5, 0.6) is 0 Å². The summed E-state index contributed by atoms with van der Waals surface area (Å²) in [5, 5.41) is 12.9. The number of aromatic nitrogens is 2. The summed E-state index contributed by atoms with van der Waals surface area (Å²) in [7, 11) is -2.23. The molecule has 1 aromatic carbocycles. The van der Waals surface area contributed by atoms with Gasteiger partial charge >= 0.3 is 5.97 Å². The minimum atomic E-state index is -3.88. The molecule has 0 atom stereocenters. The van der Waals surface area contributed by atoms with Gasteiger partial charge in [0.15, 0.2) is 5.82 Å². The van der Waals surface area contributed by atoms with E-state index in [1.54, 1.807) is 13.2 Å². The molecule has 0 unspecified atom stereocenters. The third-order valence-corrected chi connectivity index (χ3v) is 4.47. The molecule has 0 aliphatic heterocycles. The molecule has 2 rings (SSSR count). The monoisotopic (exact) mass is 359 g/mol. The summed E-state index contributed by atoms with van der Waals surface area (Å²) in [5.74, 6) is -1.06. The molecule has 2 N–H and O–H groups in total. The van der Waals surface area contributed by atoms with Crippen molar-refractivity contribution in [2.75, 3.05) is 4.72 Å². The minimum Gasteiger partial charge on any atom is -0.478 e. The number of carboxylic acid groups (broad SMARTS) is 1. The topological polar surface area (TPSA) is 101 Å². The van der Waals surface area contributed by atoms with E-state index in [0.29, 0.717) is 4.47 Å². The van der Waals surface area contributed by atoms with Crippen LogP contribution in [0.25, 0.3) is 0 Å². The predicted octanol–water partition coefficient (Wildman–Crippen LogP) is 1.68. The maximum atomic E-state index is 12.1. The maximum absolute atomic E-state index is 12.1. The van der Waals surface area contributed by atoms with Crippen molar-refractivity contribution in [2.24, 2.45) is 7.05 Å². The van der Waals surface area contributed by atoms with Crippen LogP contribution in [0.1, 0.15) is 10.4 Å². The fourth-order valence-corrected chi connectivity index (χ4v) is 2.94. The Balaban J connectivity index is 2.39. The van der Waals surface area contributed by atoms with Crippen LogP contribution in [0, 0.1) is 0 Å². The van der Waals surface area contributed by atoms with Crippen LogP contribution < -0.4 is 4.72 Å². The highest BCUT2D eigenvalue weighted by Gasteiger charge is 2.19. The molecule has 0 aliphatic carbocycles. The smallest absolute Gasteiger partial charge is 0.336 e. The van der Waals surface area contributed by atoms with Crippen molar-refractivity contribution in [3.63, 3.8) is 0 Å². The molecule has 0 saturated carbocycles. The quantitative estimate of drug-likeness (QED) is 0.864. The lowest BCUT2D eigenvalue weighted by Crippen LogP contribution is -2.14. The van der Waals surface area contributed by atoms with Crippen LogP contribution in [0.3, 0.4) is 0 Å². The number of aromatic carboxylic acids is 1. The Kier molecular flexibility index (Phi) is 3.82. The number of rotatable bonds is 4. The fraction of sp³-hybridized carbons (Fsp3) is 0.0909. The first-order valence-corrected chi connectivity index (χ1v) is 7.62. The number of benzene rings is 1. The standard InChI is InChI=1S/C11H10BrN3O4S/c1-15-5-4-10(13-15)14-20(18,19)7-2-3-9(12)8(6-7)11(16)17/h2-6H,1H3,(H,13,14)(H,16,17). The highest BCUT2D eigenvalue weighted by atomic mass is 79.9. The van der Waals surface area contributed by atoms with E-state index in [1.807, 2.05) is 0 Å². The Bertz CT molecular complexity index is 770. The molecular formula is C11H10BrN3O4S. The number of nitrogens with one attached hydrogen (secondary N) is 1. The van der Waals surface area contributed by atoms with Crippen LogP contribution >= 0.6 is 15.9 Å². The van der Waals surface area contributed by atoms with E-state index in [0.717, 1.165) is 6.07 Å². The normalized spacial score (nSPS) is 11.3. The highest BCUT2D eigenvalue weighted by molar-refractivity contribution is 9.10. The van der Waals surface area contributed by atoms with Crippen LogP contribution in [0.2, 0.25) is 0 Å². The number of hydrogen-bond acceptors (Lipinski definition) is 4. The van der Waals surface area contributed by atoms with Gasteiger partial charge in [-0.15, -0.1) is 0 Å². The number of halogens is 1. The summed E-state index contributed by atoms with van der Waals surface area (Å²) < 4.78 is 28.3. The lowest BCUT2D eigenvalue weighted by molar-refractivity contribution is 0.0695. The van der Waals surface area contributed by atoms with Gasteiger partial charge in [0.25, 0.3) is 10.0 Å². The van der Waals surface area contributed by atoms with Crippen LogP contribution in [0.15, 0.2) is 39.8 Å². The summed E-state index contributed by atoms with van der Waals surface area (Å²) in [6.07, 6.45) is 1.59. The molecular weight excluding hydrogens is 350 g/mol. The number of carboxylic acids is 1. The largest absolute Gasteiger partial charge is 0.478 e. The van der Waals surface area contributed by atoms with E-state index < -0.39 is 16.0 Å². The van der Waals surface area contributed by atoms with E-state index in [4.69, 9.17) is 5.11 Å². The first kappa shape index (κ1) is 14.5. The predicted molar refractivity (Wildman–Crippen MR) is 75.1 cm³/mol. The average Bonchev–Trinajstić information content (AvgIpc) is 2.73. The van der Waals surface area contributed by atoms with Crippen molar-refractivity contribution < 1.29 is 18.3 Å². The molecule has 106 valence electrons. The maximum Gasteiger partial charge on any atom is 0.336 e. The number of aryl methyl sites for hydroxylation is 1. The van der Waals surface area contributed by atoms with Crippen molar-refractivity contribution in [3.8, 4) is 0 Å². The summed E-state index contributed by atoms with van der Waals surface area (Å²) in [5.41, 5.74) is -0.131. The van der Waals surface area contributed by atoms with Crippen LogP contribution in [0.4, 0.5) is 5.82 Å². The fourth-order valence-electron chi connectivity index (χ4n) is 1.50. The highest BCUT2D eigenvalue weighted by Crippen LogP contribution is 2.22. The molecule has 9 heteroatoms. The van der Waals surface area contributed by atoms with Gasteiger partial charge in [-0.3, -0.25) is 9.40 Å². The van der Waals surface area contributed by atoms with E-state index in [2.05, 4.69) is 25.8 Å². The van der Waals surface area contributed by atoms with E-state index >= 15 is 0 Å². The molecule has 1 heterocycles. The summed E-state index contributed by atoms with van der Waals surface area (Å²) in [4.78, 5) is 10.9. The van der Waals surface area contributed by atoms with Crippen molar-refractivity contribution >= 4 is 37.7 Å². The van der Waals surface area contributed by atoms with Crippen molar-refractivity contribution in [2.45, 2.75) is 4.90 Å². The molecule has 20 heavy (non-hydrogen) atoms. The number of hydrogen-bond donors (Lipinski definition) is 2. The molecule has 7 nitrogen and oxygen atoms in total. The Morgan fingerprint density at radius 1 is 1.40 bits per heavy atom. The van der Waals surface area contributed by atoms with Crippen molar-refractivity contribution in [1.29, 1.82) is 0 Å². The Labute approximate surface area is 123 Å². The van der Waals surface area contributed by atoms with Gasteiger partial charge in [0.2, 0.25) is 0 Å². The summed E-state index contributed by atoms with van der Waals surface area (Å²) >= 11 is 3.06. The molecule has 0 saturated heterocycles. The van der Waals surface area contributed by atoms with Gasteiger partial charge in [0.05, 0.1) is 10.5 Å². The van der Waals surface area contributed by atoms with E-state index in [9.17, 15) is 13.2 Å². The molecule has 0 fully saturated rings. The third kappa shape index (κ3) is 2.99. The molecule has 0 radical (unpaired) electrons. The zero-order valence-electron chi connectivity index (χ0n) is 10.2. The molecule has 0 bridgehead atoms. The first-order valence-electron chi connectivity index (χ1n) is 5.35. The minimum absolute atomic E-state index is 0.131. The van der Waals surface area contributed by atoms with Crippen LogP contribution in [-0.4, -0.2) is 29.3 Å². The Morgan fingerprint density at radius 2 is 2.10 bits per heavy atom. The van der Waals surface area contributed by atoms with Crippen molar-refractivity contribution in [1.82, 2.24) is 9.78 Å². The number of sulfonamides is 1. The van der Waals surface area contributed by atoms with Gasteiger partial charge in [0, 0.05) is 23.8 Å². The number of nitrogens with zero attached hydrogens (tertiary/aromatic N) is 2. The lowest BCUT2D eigenvalue weighted by atomic mass is 10.2.